The topological polar surface area (TPSA) is 72.2 Å². The fraction of sp³-hybridized carbons (Fsp3) is 0.364. The van der Waals surface area contributed by atoms with Crippen molar-refractivity contribution in [3.05, 3.63) is 29.8 Å². The number of carbonyl (C=O) groups excluding carboxylic acids is 1. The minimum atomic E-state index is -1.17. The third-order valence-electron chi connectivity index (χ3n) is 2.36. The van der Waals surface area contributed by atoms with Crippen molar-refractivity contribution in [1.29, 1.82) is 0 Å². The summed E-state index contributed by atoms with van der Waals surface area (Å²) in [6.45, 7) is 2.00. The molecule has 1 aromatic rings. The molecule has 0 saturated carbocycles. The van der Waals surface area contributed by atoms with E-state index in [0.29, 0.717) is 12.2 Å². The van der Waals surface area contributed by atoms with E-state index in [1.54, 1.807) is 13.0 Å². The van der Waals surface area contributed by atoms with E-state index in [9.17, 15) is 9.00 Å². The number of anilines is 1. The Morgan fingerprint density at radius 1 is 1.50 bits per heavy atom. The van der Waals surface area contributed by atoms with Gasteiger partial charge in [0.25, 0.3) is 0 Å². The first-order chi connectivity index (χ1) is 7.56. The smallest absolute Gasteiger partial charge is 0.239 e. The summed E-state index contributed by atoms with van der Waals surface area (Å²) in [6.07, 6.45) is 1.51. The summed E-state index contributed by atoms with van der Waals surface area (Å²) in [6, 6.07) is 7.32. The average molecular weight is 240 g/mol. The summed E-state index contributed by atoms with van der Waals surface area (Å²) in [7, 11) is -1.17. The number of nitrogens with one attached hydrogen (secondary N) is 1. The van der Waals surface area contributed by atoms with Gasteiger partial charge in [-0.2, -0.15) is 0 Å². The number of amides is 1. The minimum Gasteiger partial charge on any atom is -0.326 e. The monoisotopic (exact) mass is 240 g/mol. The normalized spacial score (nSPS) is 14.2. The first-order valence-electron chi connectivity index (χ1n) is 4.97. The number of nitrogens with two attached hydrogens (primary N) is 1. The molecule has 0 saturated heterocycles. The molecule has 0 spiro atoms. The van der Waals surface area contributed by atoms with Crippen molar-refractivity contribution >= 4 is 22.4 Å². The van der Waals surface area contributed by atoms with Crippen molar-refractivity contribution in [2.45, 2.75) is 18.7 Å². The number of carbonyl (C=O) groups is 1. The van der Waals surface area contributed by atoms with E-state index in [1.807, 2.05) is 18.2 Å². The molecule has 1 rings (SSSR count). The lowest BCUT2D eigenvalue weighted by molar-refractivity contribution is -0.115. The molecule has 1 amide bonds. The molecule has 0 bridgehead atoms. The Labute approximate surface area is 97.7 Å². The van der Waals surface area contributed by atoms with Crippen molar-refractivity contribution in [1.82, 2.24) is 0 Å². The van der Waals surface area contributed by atoms with Gasteiger partial charge in [0, 0.05) is 29.3 Å². The Morgan fingerprint density at radius 2 is 2.12 bits per heavy atom. The van der Waals surface area contributed by atoms with Crippen LogP contribution in [0.4, 0.5) is 5.69 Å². The van der Waals surface area contributed by atoms with E-state index < -0.39 is 16.0 Å². The van der Waals surface area contributed by atoms with Crippen LogP contribution in [0.15, 0.2) is 24.3 Å². The van der Waals surface area contributed by atoms with Crippen LogP contribution in [0.5, 0.6) is 0 Å². The van der Waals surface area contributed by atoms with Crippen LogP contribution in [0.1, 0.15) is 12.5 Å². The van der Waals surface area contributed by atoms with Crippen LogP contribution in [-0.4, -0.2) is 21.6 Å². The molecule has 4 nitrogen and oxygen atoms in total. The summed E-state index contributed by atoms with van der Waals surface area (Å²) >= 11 is 0. The molecule has 0 aromatic heterocycles. The molecule has 0 fully saturated rings. The zero-order valence-corrected chi connectivity index (χ0v) is 10.2. The van der Waals surface area contributed by atoms with E-state index in [-0.39, 0.29) is 5.91 Å². The van der Waals surface area contributed by atoms with Gasteiger partial charge in [0.2, 0.25) is 5.91 Å². The summed E-state index contributed by atoms with van der Waals surface area (Å²) in [4.78, 5) is 11.7. The molecule has 3 N–H and O–H groups in total. The molecule has 0 radical (unpaired) electrons. The first kappa shape index (κ1) is 12.9. The minimum absolute atomic E-state index is 0.248. The van der Waals surface area contributed by atoms with Gasteiger partial charge in [-0.25, -0.2) is 0 Å². The van der Waals surface area contributed by atoms with Crippen molar-refractivity contribution < 1.29 is 9.00 Å². The number of para-hydroxylation sites is 1. The standard InChI is InChI=1S/C11H16N2O2S/c1-8(16(2)15)11(14)13-10-6-4-3-5-9(10)7-12/h3-6,8H,7,12H2,1-2H3,(H,13,14). The molecule has 1 aromatic carbocycles. The van der Waals surface area contributed by atoms with Crippen LogP contribution in [0, 0.1) is 0 Å². The van der Waals surface area contributed by atoms with E-state index >= 15 is 0 Å². The van der Waals surface area contributed by atoms with Gasteiger partial charge in [-0.05, 0) is 18.6 Å². The number of hydrogen-bond acceptors (Lipinski definition) is 3. The molecular weight excluding hydrogens is 224 g/mol. The van der Waals surface area contributed by atoms with Crippen molar-refractivity contribution in [2.75, 3.05) is 11.6 Å². The maximum absolute atomic E-state index is 11.7. The molecule has 0 aliphatic rings. The van der Waals surface area contributed by atoms with E-state index in [4.69, 9.17) is 5.73 Å². The summed E-state index contributed by atoms with van der Waals surface area (Å²) in [5, 5.41) is 2.21. The molecule has 88 valence electrons. The molecule has 2 atom stereocenters. The van der Waals surface area contributed by atoms with Gasteiger partial charge in [0.05, 0.1) is 0 Å². The maximum Gasteiger partial charge on any atom is 0.239 e. The van der Waals surface area contributed by atoms with Crippen molar-refractivity contribution in [2.24, 2.45) is 5.73 Å². The van der Waals surface area contributed by atoms with E-state index in [0.717, 1.165) is 5.56 Å². The predicted octanol–water partition coefficient (Wildman–Crippen LogP) is 0.851. The Balaban J connectivity index is 2.80. The third kappa shape index (κ3) is 3.15. The van der Waals surface area contributed by atoms with Crippen molar-refractivity contribution in [3.8, 4) is 0 Å². The number of benzene rings is 1. The summed E-state index contributed by atoms with van der Waals surface area (Å²) in [5.41, 5.74) is 7.10. The van der Waals surface area contributed by atoms with Crippen LogP contribution in [0.25, 0.3) is 0 Å². The quantitative estimate of drug-likeness (QED) is 0.819. The molecule has 5 heteroatoms. The van der Waals surface area contributed by atoms with Crippen LogP contribution in [0.2, 0.25) is 0 Å². The lowest BCUT2D eigenvalue weighted by atomic mass is 10.2. The highest BCUT2D eigenvalue weighted by Crippen LogP contribution is 2.14. The van der Waals surface area contributed by atoms with Gasteiger partial charge in [0.1, 0.15) is 5.25 Å². The van der Waals surface area contributed by atoms with Crippen molar-refractivity contribution in [3.63, 3.8) is 0 Å². The van der Waals surface area contributed by atoms with Gasteiger partial charge in [0.15, 0.2) is 0 Å². The fourth-order valence-corrected chi connectivity index (χ4v) is 1.57. The SMILES string of the molecule is CC(C(=O)Nc1ccccc1CN)S(C)=O. The zero-order valence-electron chi connectivity index (χ0n) is 9.40. The molecule has 2 unspecified atom stereocenters. The van der Waals surface area contributed by atoms with Crippen LogP contribution >= 0.6 is 0 Å². The van der Waals surface area contributed by atoms with Gasteiger partial charge < -0.3 is 11.1 Å². The van der Waals surface area contributed by atoms with E-state index in [2.05, 4.69) is 5.32 Å². The fourth-order valence-electron chi connectivity index (χ4n) is 1.21. The highest BCUT2D eigenvalue weighted by molar-refractivity contribution is 7.85. The van der Waals surface area contributed by atoms with Gasteiger partial charge in [-0.3, -0.25) is 9.00 Å². The second kappa shape index (κ2) is 5.77. The largest absolute Gasteiger partial charge is 0.326 e. The van der Waals surface area contributed by atoms with Crippen LogP contribution in [-0.2, 0) is 22.1 Å². The zero-order chi connectivity index (χ0) is 12.1. The Bertz CT molecular complexity index is 407. The lowest BCUT2D eigenvalue weighted by Gasteiger charge is -2.12. The molecule has 0 heterocycles. The second-order valence-corrected chi connectivity index (χ2v) is 5.20. The maximum atomic E-state index is 11.7. The van der Waals surface area contributed by atoms with Gasteiger partial charge in [-0.1, -0.05) is 18.2 Å². The number of hydrogen-bond donors (Lipinski definition) is 2. The van der Waals surface area contributed by atoms with Gasteiger partial charge >= 0.3 is 0 Å². The average Bonchev–Trinajstić information content (AvgIpc) is 2.28. The molecule has 16 heavy (non-hydrogen) atoms. The lowest BCUT2D eigenvalue weighted by Crippen LogP contribution is -2.29. The highest BCUT2D eigenvalue weighted by atomic mass is 32.2. The first-order valence-corrected chi connectivity index (χ1v) is 6.59. The summed E-state index contributed by atoms with van der Waals surface area (Å²) in [5.74, 6) is -0.248. The second-order valence-electron chi connectivity index (χ2n) is 3.49. The Kier molecular flexibility index (Phi) is 4.64. The summed E-state index contributed by atoms with van der Waals surface area (Å²) < 4.78 is 11.2. The Morgan fingerprint density at radius 3 is 2.69 bits per heavy atom. The van der Waals surface area contributed by atoms with Gasteiger partial charge in [-0.15, -0.1) is 0 Å². The van der Waals surface area contributed by atoms with Crippen LogP contribution in [0.3, 0.4) is 0 Å². The predicted molar refractivity (Wildman–Crippen MR) is 66.5 cm³/mol. The molecule has 0 aliphatic heterocycles. The highest BCUT2D eigenvalue weighted by Gasteiger charge is 2.17. The van der Waals surface area contributed by atoms with Crippen LogP contribution < -0.4 is 11.1 Å². The third-order valence-corrected chi connectivity index (χ3v) is 3.57. The molecular formula is C11H16N2O2S. The number of rotatable bonds is 4. The molecule has 0 aliphatic carbocycles. The Hall–Kier alpha value is -1.20. The van der Waals surface area contributed by atoms with E-state index in [1.165, 1.54) is 6.26 Å².